The maximum Gasteiger partial charge on any atom is 0.226 e. The normalized spacial score (nSPS) is 25.0. The maximum atomic E-state index is 12.9. The molecule has 1 N–H and O–H groups in total. The second-order valence-electron chi connectivity index (χ2n) is 9.17. The van der Waals surface area contributed by atoms with Crippen LogP contribution in [0.15, 0.2) is 29.3 Å². The molecule has 3 fully saturated rings. The van der Waals surface area contributed by atoms with E-state index in [2.05, 4.69) is 29.3 Å². The molecule has 1 heterocycles. The average molecular weight is 428 g/mol. The highest BCUT2D eigenvalue weighted by Gasteiger charge is 2.37. The number of aryl methyl sites for hydroxylation is 1. The van der Waals surface area contributed by atoms with E-state index in [9.17, 15) is 4.79 Å². The molecule has 3 aliphatic rings. The Bertz CT molecular complexity index is 720. The van der Waals surface area contributed by atoms with Crippen molar-refractivity contribution in [3.8, 4) is 0 Å². The van der Waals surface area contributed by atoms with E-state index in [1.807, 2.05) is 23.9 Å². The number of hydrogen-bond donors (Lipinski definition) is 1. The van der Waals surface area contributed by atoms with Crippen molar-refractivity contribution < 1.29 is 4.79 Å². The standard InChI is InChI=1S/C25H37N3OS/c1-2-19-13-15-21(16-14-19)26-24(29)17-23-18-30-25(27-20-9-5-3-6-10-20)28(23)22-11-7-4-8-12-22/h13-16,20,22-23H,2-12,17-18H2,1H3,(H,26,29). The van der Waals surface area contributed by atoms with Crippen molar-refractivity contribution in [1.29, 1.82) is 0 Å². The fraction of sp³-hybridized carbons (Fsp3) is 0.680. The van der Waals surface area contributed by atoms with Gasteiger partial charge in [0, 0.05) is 29.9 Å². The second kappa shape index (κ2) is 10.7. The van der Waals surface area contributed by atoms with Gasteiger partial charge in [0.15, 0.2) is 5.17 Å². The summed E-state index contributed by atoms with van der Waals surface area (Å²) in [4.78, 5) is 20.7. The lowest BCUT2D eigenvalue weighted by molar-refractivity contribution is -0.117. The highest BCUT2D eigenvalue weighted by atomic mass is 32.2. The summed E-state index contributed by atoms with van der Waals surface area (Å²) in [6, 6.07) is 9.59. The predicted molar refractivity (Wildman–Crippen MR) is 128 cm³/mol. The van der Waals surface area contributed by atoms with Crippen LogP contribution in [0.25, 0.3) is 0 Å². The lowest BCUT2D eigenvalue weighted by Crippen LogP contribution is -2.45. The molecule has 1 aliphatic heterocycles. The minimum Gasteiger partial charge on any atom is -0.344 e. The van der Waals surface area contributed by atoms with Gasteiger partial charge < -0.3 is 10.2 Å². The van der Waals surface area contributed by atoms with Gasteiger partial charge in [0.1, 0.15) is 0 Å². The molecule has 0 spiro atoms. The molecule has 1 saturated heterocycles. The van der Waals surface area contributed by atoms with E-state index in [0.717, 1.165) is 17.9 Å². The molecule has 1 amide bonds. The van der Waals surface area contributed by atoms with Gasteiger partial charge in [-0.25, -0.2) is 0 Å². The molecular formula is C25H37N3OS. The molecule has 5 heteroatoms. The van der Waals surface area contributed by atoms with Crippen molar-refractivity contribution in [1.82, 2.24) is 4.90 Å². The van der Waals surface area contributed by atoms with Gasteiger partial charge in [0.2, 0.25) is 5.91 Å². The first-order valence-corrected chi connectivity index (χ1v) is 13.1. The molecule has 4 rings (SSSR count). The monoisotopic (exact) mass is 427 g/mol. The minimum absolute atomic E-state index is 0.129. The van der Waals surface area contributed by atoms with Crippen LogP contribution in [-0.4, -0.2) is 39.9 Å². The Kier molecular flexibility index (Phi) is 7.75. The summed E-state index contributed by atoms with van der Waals surface area (Å²) in [5, 5.41) is 4.36. The molecule has 30 heavy (non-hydrogen) atoms. The van der Waals surface area contributed by atoms with Crippen molar-refractivity contribution in [2.45, 2.75) is 102 Å². The van der Waals surface area contributed by atoms with Gasteiger partial charge in [-0.1, -0.05) is 69.3 Å². The predicted octanol–water partition coefficient (Wildman–Crippen LogP) is 6.02. The Labute approximate surface area is 186 Å². The zero-order valence-corrected chi connectivity index (χ0v) is 19.3. The topological polar surface area (TPSA) is 44.7 Å². The van der Waals surface area contributed by atoms with Crippen molar-refractivity contribution in [2.24, 2.45) is 4.99 Å². The number of thioether (sulfide) groups is 1. The van der Waals surface area contributed by atoms with Gasteiger partial charge >= 0.3 is 0 Å². The van der Waals surface area contributed by atoms with E-state index in [4.69, 9.17) is 4.99 Å². The summed E-state index contributed by atoms with van der Waals surface area (Å²) < 4.78 is 0. The SMILES string of the molecule is CCc1ccc(NC(=O)CC2CSC(=NC3CCCCC3)N2C2CCCCC2)cc1. The Balaban J connectivity index is 1.43. The lowest BCUT2D eigenvalue weighted by Gasteiger charge is -2.37. The number of amidine groups is 1. The van der Waals surface area contributed by atoms with E-state index in [1.165, 1.54) is 74.9 Å². The third-order valence-corrected chi connectivity index (χ3v) is 8.05. The van der Waals surface area contributed by atoms with E-state index in [-0.39, 0.29) is 11.9 Å². The van der Waals surface area contributed by atoms with E-state index >= 15 is 0 Å². The van der Waals surface area contributed by atoms with Crippen LogP contribution in [-0.2, 0) is 11.2 Å². The number of carbonyl (C=O) groups excluding carboxylic acids is 1. The summed E-state index contributed by atoms with van der Waals surface area (Å²) in [5.41, 5.74) is 2.20. The zero-order chi connectivity index (χ0) is 20.8. The largest absolute Gasteiger partial charge is 0.344 e. The number of aliphatic imine (C=N–C) groups is 1. The lowest BCUT2D eigenvalue weighted by atomic mass is 9.93. The molecule has 4 nitrogen and oxygen atoms in total. The molecule has 1 unspecified atom stereocenters. The molecule has 2 saturated carbocycles. The second-order valence-corrected chi connectivity index (χ2v) is 10.2. The fourth-order valence-corrected chi connectivity index (χ4v) is 6.46. The number of nitrogens with one attached hydrogen (secondary N) is 1. The molecule has 1 atom stereocenters. The summed E-state index contributed by atoms with van der Waals surface area (Å²) >= 11 is 1.90. The smallest absolute Gasteiger partial charge is 0.226 e. The molecule has 2 aliphatic carbocycles. The van der Waals surface area contributed by atoms with Gasteiger partial charge in [-0.05, 0) is 49.8 Å². The first-order chi connectivity index (χ1) is 14.7. The molecule has 1 aromatic rings. The third-order valence-electron chi connectivity index (χ3n) is 6.92. The van der Waals surface area contributed by atoms with E-state index in [1.54, 1.807) is 0 Å². The number of nitrogens with zero attached hydrogens (tertiary/aromatic N) is 2. The highest BCUT2D eigenvalue weighted by Crippen LogP contribution is 2.35. The van der Waals surface area contributed by atoms with Crippen LogP contribution in [0.2, 0.25) is 0 Å². The number of rotatable bonds is 6. The summed E-state index contributed by atoms with van der Waals surface area (Å²) in [6.45, 7) is 2.15. The van der Waals surface area contributed by atoms with Crippen molar-refractivity contribution >= 4 is 28.5 Å². The quantitative estimate of drug-likeness (QED) is 0.604. The van der Waals surface area contributed by atoms with Gasteiger partial charge in [-0.3, -0.25) is 9.79 Å². The molecule has 1 aromatic carbocycles. The zero-order valence-electron chi connectivity index (χ0n) is 18.4. The highest BCUT2D eigenvalue weighted by molar-refractivity contribution is 8.14. The third kappa shape index (κ3) is 5.60. The number of amides is 1. The van der Waals surface area contributed by atoms with Crippen LogP contribution >= 0.6 is 11.8 Å². The molecule has 0 radical (unpaired) electrons. The van der Waals surface area contributed by atoms with Gasteiger partial charge in [-0.2, -0.15) is 0 Å². The van der Waals surface area contributed by atoms with Crippen LogP contribution < -0.4 is 5.32 Å². The van der Waals surface area contributed by atoms with Gasteiger partial charge in [-0.15, -0.1) is 0 Å². The van der Waals surface area contributed by atoms with Crippen molar-refractivity contribution in [2.75, 3.05) is 11.1 Å². The minimum atomic E-state index is 0.129. The summed E-state index contributed by atoms with van der Waals surface area (Å²) in [7, 11) is 0. The van der Waals surface area contributed by atoms with Crippen LogP contribution in [0.5, 0.6) is 0 Å². The fourth-order valence-electron chi connectivity index (χ4n) is 5.17. The van der Waals surface area contributed by atoms with Gasteiger partial charge in [0.05, 0.1) is 6.04 Å². The van der Waals surface area contributed by atoms with E-state index in [0.29, 0.717) is 18.5 Å². The van der Waals surface area contributed by atoms with Crippen LogP contribution in [0.1, 0.15) is 83.1 Å². The maximum absolute atomic E-state index is 12.9. The Morgan fingerprint density at radius 1 is 1.03 bits per heavy atom. The summed E-state index contributed by atoms with van der Waals surface area (Å²) in [6.07, 6.45) is 14.5. The van der Waals surface area contributed by atoms with Crippen LogP contribution in [0.4, 0.5) is 5.69 Å². The number of hydrogen-bond acceptors (Lipinski definition) is 3. The molecule has 0 aromatic heterocycles. The van der Waals surface area contributed by atoms with Crippen LogP contribution in [0, 0.1) is 0 Å². The molecular weight excluding hydrogens is 390 g/mol. The first kappa shape index (κ1) is 21.7. The average Bonchev–Trinajstić information content (AvgIpc) is 3.17. The summed E-state index contributed by atoms with van der Waals surface area (Å²) in [5.74, 6) is 1.12. The molecule has 164 valence electrons. The van der Waals surface area contributed by atoms with Crippen molar-refractivity contribution in [3.63, 3.8) is 0 Å². The van der Waals surface area contributed by atoms with Crippen LogP contribution in [0.3, 0.4) is 0 Å². The first-order valence-electron chi connectivity index (χ1n) is 12.1. The number of benzene rings is 1. The Hall–Kier alpha value is -1.49. The van der Waals surface area contributed by atoms with E-state index < -0.39 is 0 Å². The number of carbonyl (C=O) groups is 1. The number of anilines is 1. The van der Waals surface area contributed by atoms with Crippen molar-refractivity contribution in [3.05, 3.63) is 29.8 Å². The molecule has 0 bridgehead atoms. The van der Waals surface area contributed by atoms with Gasteiger partial charge in [0.25, 0.3) is 0 Å². The Morgan fingerprint density at radius 2 is 1.70 bits per heavy atom. The Morgan fingerprint density at radius 3 is 2.37 bits per heavy atom.